The van der Waals surface area contributed by atoms with Crippen molar-refractivity contribution in [1.82, 2.24) is 9.97 Å². The molecule has 3 nitrogen and oxygen atoms in total. The van der Waals surface area contributed by atoms with Crippen molar-refractivity contribution >= 4 is 0 Å². The van der Waals surface area contributed by atoms with E-state index in [4.69, 9.17) is 4.74 Å². The largest absolute Gasteiger partial charge is 0.477 e. The molecule has 0 unspecified atom stereocenters. The quantitative estimate of drug-likeness (QED) is 0.839. The van der Waals surface area contributed by atoms with Gasteiger partial charge in [0.2, 0.25) is 5.88 Å². The second-order valence-electron chi connectivity index (χ2n) is 5.16. The first-order chi connectivity index (χ1) is 9.39. The highest BCUT2D eigenvalue weighted by Gasteiger charge is 2.37. The fourth-order valence-corrected chi connectivity index (χ4v) is 2.85. The van der Waals surface area contributed by atoms with Crippen LogP contribution in [0.1, 0.15) is 31.4 Å². The lowest BCUT2D eigenvalue weighted by Gasteiger charge is -2.28. The number of aromatic nitrogens is 2. The lowest BCUT2D eigenvalue weighted by Crippen LogP contribution is -2.31. The number of pyridine rings is 2. The average Bonchev–Trinajstić information content (AvgIpc) is 2.97. The van der Waals surface area contributed by atoms with E-state index < -0.39 is 0 Å². The summed E-state index contributed by atoms with van der Waals surface area (Å²) >= 11 is 0. The highest BCUT2D eigenvalue weighted by atomic mass is 16.5. The highest BCUT2D eigenvalue weighted by Crippen LogP contribution is 2.40. The van der Waals surface area contributed by atoms with Gasteiger partial charge in [-0.1, -0.05) is 25.0 Å². The van der Waals surface area contributed by atoms with Gasteiger partial charge in [0.25, 0.3) is 0 Å². The topological polar surface area (TPSA) is 35.0 Å². The number of hydrogen-bond acceptors (Lipinski definition) is 3. The van der Waals surface area contributed by atoms with Crippen LogP contribution < -0.4 is 4.74 Å². The maximum atomic E-state index is 5.90. The predicted octanol–water partition coefficient (Wildman–Crippen LogP) is 3.37. The molecule has 0 amide bonds. The van der Waals surface area contributed by atoms with Gasteiger partial charge >= 0.3 is 0 Å². The molecular formula is C16H18N2O. The second kappa shape index (κ2) is 5.39. The summed E-state index contributed by atoms with van der Waals surface area (Å²) in [6, 6.07) is 11.9. The Morgan fingerprint density at radius 3 is 2.32 bits per heavy atom. The summed E-state index contributed by atoms with van der Waals surface area (Å²) < 4.78 is 5.90. The Morgan fingerprint density at radius 1 is 0.947 bits per heavy atom. The summed E-state index contributed by atoms with van der Waals surface area (Å²) in [5.41, 5.74) is 1.22. The van der Waals surface area contributed by atoms with Crippen LogP contribution in [0.3, 0.4) is 0 Å². The van der Waals surface area contributed by atoms with Crippen molar-refractivity contribution in [1.29, 1.82) is 0 Å². The minimum absolute atomic E-state index is 0.0682. The predicted molar refractivity (Wildman–Crippen MR) is 74.1 cm³/mol. The summed E-state index contributed by atoms with van der Waals surface area (Å²) in [7, 11) is 0. The summed E-state index contributed by atoms with van der Waals surface area (Å²) in [5, 5.41) is 0. The van der Waals surface area contributed by atoms with Gasteiger partial charge in [-0.25, -0.2) is 4.98 Å². The molecule has 0 atom stereocenters. The van der Waals surface area contributed by atoms with Crippen molar-refractivity contribution in [3.63, 3.8) is 0 Å². The Balaban J connectivity index is 1.78. The van der Waals surface area contributed by atoms with E-state index in [1.807, 2.05) is 30.5 Å². The summed E-state index contributed by atoms with van der Waals surface area (Å²) in [6.45, 7) is 0.668. The molecule has 1 aliphatic rings. The molecule has 1 fully saturated rings. The number of hydrogen-bond donors (Lipinski definition) is 0. The van der Waals surface area contributed by atoms with Crippen LogP contribution in [0.15, 0.2) is 48.8 Å². The van der Waals surface area contributed by atoms with Crippen LogP contribution in [-0.2, 0) is 5.41 Å². The van der Waals surface area contributed by atoms with E-state index in [1.54, 1.807) is 6.20 Å². The number of ether oxygens (including phenoxy) is 1. The van der Waals surface area contributed by atoms with Gasteiger partial charge in [0.15, 0.2) is 0 Å². The maximum absolute atomic E-state index is 5.90. The van der Waals surface area contributed by atoms with Crippen molar-refractivity contribution in [2.45, 2.75) is 31.1 Å². The number of nitrogens with zero attached hydrogens (tertiary/aromatic N) is 2. The molecule has 1 aliphatic carbocycles. The fourth-order valence-electron chi connectivity index (χ4n) is 2.85. The molecule has 3 heteroatoms. The molecule has 1 saturated carbocycles. The molecule has 2 aromatic rings. The molecular weight excluding hydrogens is 236 g/mol. The van der Waals surface area contributed by atoms with Gasteiger partial charge < -0.3 is 4.74 Å². The van der Waals surface area contributed by atoms with Gasteiger partial charge in [0.1, 0.15) is 6.61 Å². The first-order valence-corrected chi connectivity index (χ1v) is 6.84. The zero-order valence-electron chi connectivity index (χ0n) is 11.0. The van der Waals surface area contributed by atoms with Crippen molar-refractivity contribution in [3.8, 4) is 5.88 Å². The third-order valence-electron chi connectivity index (χ3n) is 3.90. The van der Waals surface area contributed by atoms with E-state index >= 15 is 0 Å². The first kappa shape index (κ1) is 12.2. The molecule has 0 saturated heterocycles. The molecule has 0 aliphatic heterocycles. The van der Waals surface area contributed by atoms with Gasteiger partial charge in [0.05, 0.1) is 0 Å². The Kier molecular flexibility index (Phi) is 3.45. The van der Waals surface area contributed by atoms with Crippen molar-refractivity contribution in [2.75, 3.05) is 6.61 Å². The molecule has 0 N–H and O–H groups in total. The van der Waals surface area contributed by atoms with Gasteiger partial charge in [-0.15, -0.1) is 0 Å². The van der Waals surface area contributed by atoms with E-state index in [9.17, 15) is 0 Å². The van der Waals surface area contributed by atoms with Crippen molar-refractivity contribution in [3.05, 3.63) is 54.5 Å². The van der Waals surface area contributed by atoms with Crippen LogP contribution in [0, 0.1) is 0 Å². The Morgan fingerprint density at radius 2 is 1.68 bits per heavy atom. The first-order valence-electron chi connectivity index (χ1n) is 6.84. The van der Waals surface area contributed by atoms with Crippen LogP contribution in [0.4, 0.5) is 0 Å². The molecule has 19 heavy (non-hydrogen) atoms. The zero-order chi connectivity index (χ0) is 13.0. The molecule has 98 valence electrons. The molecule has 3 rings (SSSR count). The number of rotatable bonds is 4. The highest BCUT2D eigenvalue weighted by molar-refractivity contribution is 5.20. The third kappa shape index (κ3) is 2.60. The average molecular weight is 254 g/mol. The molecule has 0 spiro atoms. The van der Waals surface area contributed by atoms with Crippen LogP contribution in [-0.4, -0.2) is 16.6 Å². The van der Waals surface area contributed by atoms with Crippen LogP contribution in [0.25, 0.3) is 0 Å². The SMILES string of the molecule is c1ccc(OCC2(c3ccccn3)CCCC2)nc1. The van der Waals surface area contributed by atoms with E-state index in [1.165, 1.54) is 12.8 Å². The van der Waals surface area contributed by atoms with Crippen LogP contribution >= 0.6 is 0 Å². The van der Waals surface area contributed by atoms with Gasteiger partial charge in [-0.05, 0) is 31.0 Å². The minimum atomic E-state index is 0.0682. The summed E-state index contributed by atoms with van der Waals surface area (Å²) in [5.74, 6) is 0.699. The Bertz CT molecular complexity index is 507. The van der Waals surface area contributed by atoms with E-state index in [2.05, 4.69) is 22.1 Å². The lowest BCUT2D eigenvalue weighted by molar-refractivity contribution is 0.206. The van der Waals surface area contributed by atoms with Crippen LogP contribution in [0.5, 0.6) is 5.88 Å². The smallest absolute Gasteiger partial charge is 0.213 e. The Labute approximate surface area is 113 Å². The lowest BCUT2D eigenvalue weighted by atomic mass is 9.83. The fraction of sp³-hybridized carbons (Fsp3) is 0.375. The monoisotopic (exact) mass is 254 g/mol. The summed E-state index contributed by atoms with van der Waals surface area (Å²) in [4.78, 5) is 8.77. The molecule has 2 heterocycles. The molecule has 0 bridgehead atoms. The molecule has 0 aromatic carbocycles. The van der Waals surface area contributed by atoms with E-state index in [0.717, 1.165) is 18.5 Å². The zero-order valence-corrected chi connectivity index (χ0v) is 11.0. The van der Waals surface area contributed by atoms with Gasteiger partial charge in [-0.2, -0.15) is 0 Å². The van der Waals surface area contributed by atoms with E-state index in [0.29, 0.717) is 12.5 Å². The summed E-state index contributed by atoms with van der Waals surface area (Å²) in [6.07, 6.45) is 8.44. The van der Waals surface area contributed by atoms with Crippen molar-refractivity contribution in [2.24, 2.45) is 0 Å². The van der Waals surface area contributed by atoms with Crippen molar-refractivity contribution < 1.29 is 4.74 Å². The minimum Gasteiger partial charge on any atom is -0.477 e. The Hall–Kier alpha value is -1.90. The maximum Gasteiger partial charge on any atom is 0.213 e. The van der Waals surface area contributed by atoms with Gasteiger partial charge in [0, 0.05) is 29.6 Å². The second-order valence-corrected chi connectivity index (χ2v) is 5.16. The molecule has 0 radical (unpaired) electrons. The third-order valence-corrected chi connectivity index (χ3v) is 3.90. The van der Waals surface area contributed by atoms with E-state index in [-0.39, 0.29) is 5.41 Å². The van der Waals surface area contributed by atoms with Gasteiger partial charge in [-0.3, -0.25) is 4.98 Å². The van der Waals surface area contributed by atoms with Crippen LogP contribution in [0.2, 0.25) is 0 Å². The molecule has 2 aromatic heterocycles. The standard InChI is InChI=1S/C16H18N2O/c1-5-11-17-14(7-1)16(9-3-4-10-16)13-19-15-8-2-6-12-18-15/h1-2,5-8,11-12H,3-4,9-10,13H2. The normalized spacial score (nSPS) is 17.3.